The summed E-state index contributed by atoms with van der Waals surface area (Å²) in [6.07, 6.45) is 0. The van der Waals surface area contributed by atoms with Crippen LogP contribution in [0.3, 0.4) is 0 Å². The van der Waals surface area contributed by atoms with Crippen molar-refractivity contribution < 1.29 is 9.18 Å². The molecule has 0 aliphatic carbocycles. The van der Waals surface area contributed by atoms with Gasteiger partial charge in [-0.25, -0.2) is 4.39 Å². The van der Waals surface area contributed by atoms with E-state index in [1.165, 1.54) is 6.07 Å². The minimum absolute atomic E-state index is 0.114. The van der Waals surface area contributed by atoms with Crippen LogP contribution in [0.4, 0.5) is 4.39 Å². The molecule has 2 rings (SSSR count). The Balaban J connectivity index is 2.53. The number of ketones is 1. The standard InChI is InChI=1S/C15H11ClFIO/c1-8-5-9(2)14(12(17)6-8)15(19)10-3-4-13(18)11(16)7-10/h3-7H,1-2H3. The van der Waals surface area contributed by atoms with Crippen molar-refractivity contribution in [3.8, 4) is 0 Å². The first-order chi connectivity index (χ1) is 8.90. The van der Waals surface area contributed by atoms with Crippen LogP contribution in [0.15, 0.2) is 30.3 Å². The van der Waals surface area contributed by atoms with E-state index in [1.807, 2.05) is 0 Å². The highest BCUT2D eigenvalue weighted by Crippen LogP contribution is 2.24. The van der Waals surface area contributed by atoms with Gasteiger partial charge >= 0.3 is 0 Å². The number of hydrogen-bond donors (Lipinski definition) is 0. The summed E-state index contributed by atoms with van der Waals surface area (Å²) in [5.74, 6) is -0.828. The summed E-state index contributed by atoms with van der Waals surface area (Å²) in [4.78, 5) is 12.4. The highest BCUT2D eigenvalue weighted by Gasteiger charge is 2.17. The Morgan fingerprint density at radius 3 is 2.47 bits per heavy atom. The molecule has 0 bridgehead atoms. The lowest BCUT2D eigenvalue weighted by molar-refractivity contribution is 0.103. The summed E-state index contributed by atoms with van der Waals surface area (Å²) in [5.41, 5.74) is 1.95. The van der Waals surface area contributed by atoms with Crippen molar-refractivity contribution in [3.05, 3.63) is 67.0 Å². The van der Waals surface area contributed by atoms with Crippen LogP contribution in [-0.4, -0.2) is 5.78 Å². The Labute approximate surface area is 129 Å². The second-order valence-electron chi connectivity index (χ2n) is 4.40. The van der Waals surface area contributed by atoms with Crippen molar-refractivity contribution in [2.45, 2.75) is 13.8 Å². The molecule has 0 atom stereocenters. The average Bonchev–Trinajstić information content (AvgIpc) is 2.31. The van der Waals surface area contributed by atoms with Crippen LogP contribution in [0.25, 0.3) is 0 Å². The summed E-state index contributed by atoms with van der Waals surface area (Å²) in [7, 11) is 0. The average molecular weight is 389 g/mol. The fourth-order valence-electron chi connectivity index (χ4n) is 1.98. The molecule has 0 radical (unpaired) electrons. The predicted molar refractivity (Wildman–Crippen MR) is 83.5 cm³/mol. The molecule has 0 amide bonds. The van der Waals surface area contributed by atoms with Crippen LogP contribution in [-0.2, 0) is 0 Å². The maximum atomic E-state index is 14.0. The third-order valence-electron chi connectivity index (χ3n) is 2.84. The fraction of sp³-hybridized carbons (Fsp3) is 0.133. The maximum Gasteiger partial charge on any atom is 0.196 e. The van der Waals surface area contributed by atoms with Crippen LogP contribution < -0.4 is 0 Å². The predicted octanol–water partition coefficient (Wildman–Crippen LogP) is 4.93. The van der Waals surface area contributed by atoms with Gasteiger partial charge in [0.2, 0.25) is 0 Å². The van der Waals surface area contributed by atoms with Crippen LogP contribution in [0, 0.1) is 23.2 Å². The van der Waals surface area contributed by atoms with Gasteiger partial charge in [-0.05, 0) is 71.8 Å². The van der Waals surface area contributed by atoms with E-state index in [0.29, 0.717) is 16.1 Å². The van der Waals surface area contributed by atoms with Gasteiger partial charge in [0, 0.05) is 9.13 Å². The molecule has 0 aliphatic rings. The third kappa shape index (κ3) is 2.98. The van der Waals surface area contributed by atoms with E-state index < -0.39 is 5.82 Å². The molecule has 1 nitrogen and oxygen atoms in total. The topological polar surface area (TPSA) is 17.1 Å². The first-order valence-electron chi connectivity index (χ1n) is 5.66. The number of benzene rings is 2. The van der Waals surface area contributed by atoms with Crippen molar-refractivity contribution in [3.63, 3.8) is 0 Å². The second-order valence-corrected chi connectivity index (χ2v) is 5.97. The molecular weight excluding hydrogens is 378 g/mol. The third-order valence-corrected chi connectivity index (χ3v) is 4.41. The van der Waals surface area contributed by atoms with Crippen molar-refractivity contribution in [2.24, 2.45) is 0 Å². The number of aryl methyl sites for hydroxylation is 2. The molecule has 0 saturated carbocycles. The second kappa shape index (κ2) is 5.59. The van der Waals surface area contributed by atoms with E-state index in [9.17, 15) is 9.18 Å². The molecule has 0 saturated heterocycles. The summed E-state index contributed by atoms with van der Waals surface area (Å²) in [6, 6.07) is 8.15. The highest BCUT2D eigenvalue weighted by molar-refractivity contribution is 14.1. The summed E-state index contributed by atoms with van der Waals surface area (Å²) in [6.45, 7) is 3.53. The normalized spacial score (nSPS) is 10.6. The van der Waals surface area contributed by atoms with E-state index in [-0.39, 0.29) is 11.3 Å². The first kappa shape index (κ1) is 14.5. The van der Waals surface area contributed by atoms with Gasteiger partial charge in [0.25, 0.3) is 0 Å². The number of carbonyl (C=O) groups excluding carboxylic acids is 1. The monoisotopic (exact) mass is 388 g/mol. The van der Waals surface area contributed by atoms with E-state index in [4.69, 9.17) is 11.6 Å². The molecule has 0 spiro atoms. The number of halogens is 3. The van der Waals surface area contributed by atoms with Crippen LogP contribution in [0.1, 0.15) is 27.0 Å². The van der Waals surface area contributed by atoms with Gasteiger partial charge in [-0.15, -0.1) is 0 Å². The molecule has 0 heterocycles. The molecule has 0 N–H and O–H groups in total. The van der Waals surface area contributed by atoms with Gasteiger partial charge in [-0.1, -0.05) is 17.7 Å². The fourth-order valence-corrected chi connectivity index (χ4v) is 2.50. The van der Waals surface area contributed by atoms with Gasteiger partial charge in [-0.2, -0.15) is 0 Å². The lowest BCUT2D eigenvalue weighted by Crippen LogP contribution is -2.07. The zero-order chi connectivity index (χ0) is 14.2. The van der Waals surface area contributed by atoms with E-state index in [1.54, 1.807) is 38.1 Å². The minimum atomic E-state index is -0.489. The zero-order valence-corrected chi connectivity index (χ0v) is 13.3. The van der Waals surface area contributed by atoms with E-state index in [0.717, 1.165) is 9.13 Å². The molecule has 2 aromatic carbocycles. The van der Waals surface area contributed by atoms with Crippen molar-refractivity contribution in [1.82, 2.24) is 0 Å². The Bertz CT molecular complexity index is 644. The van der Waals surface area contributed by atoms with Crippen molar-refractivity contribution in [2.75, 3.05) is 0 Å². The van der Waals surface area contributed by atoms with Gasteiger partial charge in [0.15, 0.2) is 5.78 Å². The Hall–Kier alpha value is -0.940. The number of carbonyl (C=O) groups is 1. The number of hydrogen-bond acceptors (Lipinski definition) is 1. The van der Waals surface area contributed by atoms with Gasteiger partial charge in [0.1, 0.15) is 5.82 Å². The summed E-state index contributed by atoms with van der Waals surface area (Å²) in [5, 5.41) is 0.497. The van der Waals surface area contributed by atoms with Gasteiger partial charge < -0.3 is 0 Å². The smallest absolute Gasteiger partial charge is 0.196 e. The highest BCUT2D eigenvalue weighted by atomic mass is 127. The molecular formula is C15H11ClFIO. The van der Waals surface area contributed by atoms with Crippen LogP contribution >= 0.6 is 34.2 Å². The molecule has 0 aromatic heterocycles. The number of rotatable bonds is 2. The van der Waals surface area contributed by atoms with Gasteiger partial charge in [0.05, 0.1) is 10.6 Å². The molecule has 0 aliphatic heterocycles. The first-order valence-corrected chi connectivity index (χ1v) is 7.12. The Morgan fingerprint density at radius 2 is 1.89 bits per heavy atom. The van der Waals surface area contributed by atoms with Crippen molar-refractivity contribution >= 4 is 40.0 Å². The van der Waals surface area contributed by atoms with E-state index >= 15 is 0 Å². The molecule has 2 aromatic rings. The Kier molecular flexibility index (Phi) is 4.26. The Morgan fingerprint density at radius 1 is 1.21 bits per heavy atom. The van der Waals surface area contributed by atoms with E-state index in [2.05, 4.69) is 22.6 Å². The van der Waals surface area contributed by atoms with Crippen LogP contribution in [0.5, 0.6) is 0 Å². The minimum Gasteiger partial charge on any atom is -0.288 e. The molecule has 0 unspecified atom stereocenters. The zero-order valence-electron chi connectivity index (χ0n) is 10.4. The lowest BCUT2D eigenvalue weighted by atomic mass is 9.97. The lowest BCUT2D eigenvalue weighted by Gasteiger charge is -2.08. The van der Waals surface area contributed by atoms with Crippen molar-refractivity contribution in [1.29, 1.82) is 0 Å². The molecule has 4 heteroatoms. The van der Waals surface area contributed by atoms with Gasteiger partial charge in [-0.3, -0.25) is 4.79 Å². The largest absolute Gasteiger partial charge is 0.288 e. The maximum absolute atomic E-state index is 14.0. The SMILES string of the molecule is Cc1cc(C)c(C(=O)c2ccc(I)c(Cl)c2)c(F)c1. The molecule has 19 heavy (non-hydrogen) atoms. The summed E-state index contributed by atoms with van der Waals surface area (Å²) >= 11 is 8.08. The molecule has 0 fully saturated rings. The summed E-state index contributed by atoms with van der Waals surface area (Å²) < 4.78 is 14.8. The molecule has 98 valence electrons. The quantitative estimate of drug-likeness (QED) is 0.526. The van der Waals surface area contributed by atoms with Crippen LogP contribution in [0.2, 0.25) is 5.02 Å².